The van der Waals surface area contributed by atoms with Gasteiger partial charge in [-0.15, -0.1) is 0 Å². The van der Waals surface area contributed by atoms with Gasteiger partial charge in [-0.2, -0.15) is 14.7 Å². The van der Waals surface area contributed by atoms with E-state index in [0.29, 0.717) is 11.1 Å². The zero-order valence-electron chi connectivity index (χ0n) is 22.8. The smallest absolute Gasteiger partial charge is 0.326 e. The van der Waals surface area contributed by atoms with Crippen LogP contribution in [0.2, 0.25) is 0 Å². The normalized spacial score (nSPS) is 10.5. The lowest BCUT2D eigenvalue weighted by Gasteiger charge is -2.23. The summed E-state index contributed by atoms with van der Waals surface area (Å²) in [5, 5.41) is 14.4. The van der Waals surface area contributed by atoms with Crippen LogP contribution in [0.25, 0.3) is 0 Å². The Morgan fingerprint density at radius 2 is 0.950 bits per heavy atom. The highest BCUT2D eigenvalue weighted by molar-refractivity contribution is 5.93. The Morgan fingerprint density at radius 3 is 1.32 bits per heavy atom. The van der Waals surface area contributed by atoms with E-state index in [0.717, 1.165) is 43.8 Å². The van der Waals surface area contributed by atoms with Gasteiger partial charge in [0, 0.05) is 13.1 Å². The lowest BCUT2D eigenvalue weighted by molar-refractivity contribution is 0.183. The number of amides is 4. The molecule has 0 spiro atoms. The van der Waals surface area contributed by atoms with Crippen molar-refractivity contribution in [1.29, 1.82) is 0 Å². The Labute approximate surface area is 232 Å². The van der Waals surface area contributed by atoms with Gasteiger partial charge in [0.25, 0.3) is 0 Å². The number of nitrogens with zero attached hydrogens (tertiary/aromatic N) is 4. The van der Waals surface area contributed by atoms with Crippen molar-refractivity contribution in [1.82, 2.24) is 15.5 Å². The predicted octanol–water partition coefficient (Wildman–Crippen LogP) is 6.03. The highest BCUT2D eigenvalue weighted by atomic mass is 16.3. The Morgan fingerprint density at radius 1 is 0.600 bits per heavy atom. The van der Waals surface area contributed by atoms with Crippen molar-refractivity contribution in [3.05, 3.63) is 119 Å². The average Bonchev–Trinajstić information content (AvgIpc) is 2.94. The van der Waals surface area contributed by atoms with Gasteiger partial charge in [-0.05, 0) is 70.8 Å². The Balaban J connectivity index is 1.79. The van der Waals surface area contributed by atoms with Crippen LogP contribution in [0, 0.1) is 35.5 Å². The number of carbonyl (C=O) groups excluding carboxylic acids is 2. The van der Waals surface area contributed by atoms with Crippen molar-refractivity contribution < 1.29 is 9.59 Å². The minimum absolute atomic E-state index is 0.0190. The van der Waals surface area contributed by atoms with Gasteiger partial charge in [0.2, 0.25) is 0 Å². The fourth-order valence-corrected chi connectivity index (χ4v) is 4.18. The fraction of sp³-hybridized carbons (Fsp3) is 0.310. The lowest BCUT2D eigenvalue weighted by Crippen LogP contribution is -2.47. The SMILES string of the molecule is Cc1ccc(CNC(=O)N(Cc2ccc(C)c(CN=O)c2)C(=O)NCc2ccc(C)c(CN=O)c2)cc1CN=O. The molecule has 0 aliphatic heterocycles. The number of nitrogens with one attached hydrogen (secondary N) is 2. The molecule has 3 aromatic carbocycles. The first-order chi connectivity index (χ1) is 19.2. The first kappa shape index (κ1) is 29.8. The number of hydrogen-bond acceptors (Lipinski definition) is 8. The number of benzene rings is 3. The molecule has 0 radical (unpaired) electrons. The molecule has 2 N–H and O–H groups in total. The van der Waals surface area contributed by atoms with Gasteiger partial charge in [0.1, 0.15) is 19.6 Å². The van der Waals surface area contributed by atoms with Crippen LogP contribution >= 0.6 is 0 Å². The van der Waals surface area contributed by atoms with Crippen molar-refractivity contribution in [2.75, 3.05) is 0 Å². The maximum Gasteiger partial charge on any atom is 0.326 e. The standard InChI is InChI=1S/C29H32N6O5/c1-19-4-7-22(10-25(19)15-32-38)13-30-28(36)35(18-24-9-6-21(3)27(12-24)17-34-40)29(37)31-14-23-8-5-20(2)26(11-23)16-33-39/h4-12H,13-18H2,1-3H3,(H,30,36)(H,31,37). The zero-order chi connectivity index (χ0) is 29.1. The summed E-state index contributed by atoms with van der Waals surface area (Å²) in [5.74, 6) is 0. The number of urea groups is 2. The van der Waals surface area contributed by atoms with Crippen LogP contribution in [0.15, 0.2) is 70.1 Å². The maximum absolute atomic E-state index is 13.3. The van der Waals surface area contributed by atoms with Gasteiger partial charge in [-0.25, -0.2) is 14.5 Å². The second-order valence-electron chi connectivity index (χ2n) is 9.55. The van der Waals surface area contributed by atoms with E-state index in [1.54, 1.807) is 24.3 Å². The second kappa shape index (κ2) is 14.4. The molecule has 0 atom stereocenters. The van der Waals surface area contributed by atoms with Crippen LogP contribution in [-0.4, -0.2) is 17.0 Å². The summed E-state index contributed by atoms with van der Waals surface area (Å²) < 4.78 is 0. The number of rotatable bonds is 12. The van der Waals surface area contributed by atoms with Gasteiger partial charge in [0.05, 0.1) is 6.54 Å². The van der Waals surface area contributed by atoms with Gasteiger partial charge >= 0.3 is 12.1 Å². The molecule has 0 heterocycles. The molecule has 0 bridgehead atoms. The zero-order valence-corrected chi connectivity index (χ0v) is 22.8. The third-order valence-corrected chi connectivity index (χ3v) is 6.66. The molecule has 208 valence electrons. The summed E-state index contributed by atoms with van der Waals surface area (Å²) in [6.45, 7) is 5.84. The first-order valence-corrected chi connectivity index (χ1v) is 12.7. The van der Waals surface area contributed by atoms with E-state index in [1.807, 2.05) is 51.1 Å². The van der Waals surface area contributed by atoms with E-state index in [2.05, 4.69) is 26.2 Å². The van der Waals surface area contributed by atoms with Gasteiger partial charge < -0.3 is 10.6 Å². The molecule has 3 aromatic rings. The summed E-state index contributed by atoms with van der Waals surface area (Å²) in [5.41, 5.74) is 7.09. The van der Waals surface area contributed by atoms with Gasteiger partial charge in [0.15, 0.2) is 0 Å². The van der Waals surface area contributed by atoms with Crippen molar-refractivity contribution in [2.45, 2.75) is 60.0 Å². The minimum atomic E-state index is -0.626. The molecule has 11 heteroatoms. The molecule has 11 nitrogen and oxygen atoms in total. The highest BCUT2D eigenvalue weighted by Gasteiger charge is 2.22. The Kier molecular flexibility index (Phi) is 10.7. The quantitative estimate of drug-likeness (QED) is 0.267. The lowest BCUT2D eigenvalue weighted by atomic mass is 10.0. The molecule has 0 unspecified atom stereocenters. The van der Waals surface area contributed by atoms with Crippen LogP contribution < -0.4 is 10.6 Å². The first-order valence-electron chi connectivity index (χ1n) is 12.7. The number of carbonyl (C=O) groups is 2. The third kappa shape index (κ3) is 8.10. The fourth-order valence-electron chi connectivity index (χ4n) is 4.18. The number of imide groups is 1. The molecule has 0 aliphatic rings. The van der Waals surface area contributed by atoms with Crippen molar-refractivity contribution in [3.63, 3.8) is 0 Å². The van der Waals surface area contributed by atoms with E-state index in [4.69, 9.17) is 0 Å². The minimum Gasteiger partial charge on any atom is -0.333 e. The highest BCUT2D eigenvalue weighted by Crippen LogP contribution is 2.17. The van der Waals surface area contributed by atoms with Crippen LogP contribution in [0.4, 0.5) is 9.59 Å². The van der Waals surface area contributed by atoms with E-state index in [-0.39, 0.29) is 39.3 Å². The van der Waals surface area contributed by atoms with Crippen LogP contribution in [0.1, 0.15) is 50.1 Å². The largest absolute Gasteiger partial charge is 0.333 e. The summed E-state index contributed by atoms with van der Waals surface area (Å²) in [7, 11) is 0. The Hall–Kier alpha value is -4.80. The van der Waals surface area contributed by atoms with E-state index in [9.17, 15) is 24.3 Å². The van der Waals surface area contributed by atoms with E-state index in [1.165, 1.54) is 0 Å². The summed E-state index contributed by atoms with van der Waals surface area (Å²) in [6.07, 6.45) is 0. The van der Waals surface area contributed by atoms with Crippen LogP contribution in [-0.2, 0) is 39.3 Å². The van der Waals surface area contributed by atoms with Gasteiger partial charge in [-0.1, -0.05) is 70.1 Å². The number of hydrogen-bond donors (Lipinski definition) is 2. The molecular formula is C29H32N6O5. The molecule has 0 saturated carbocycles. The summed E-state index contributed by atoms with van der Waals surface area (Å²) in [6, 6.07) is 15.0. The van der Waals surface area contributed by atoms with Crippen LogP contribution in [0.5, 0.6) is 0 Å². The number of aryl methyl sites for hydroxylation is 3. The molecule has 0 aliphatic carbocycles. The van der Waals surface area contributed by atoms with Crippen molar-refractivity contribution in [2.24, 2.45) is 15.5 Å². The topological polar surface area (TPSA) is 150 Å². The molecule has 4 amide bonds. The van der Waals surface area contributed by atoms with Crippen molar-refractivity contribution >= 4 is 12.1 Å². The third-order valence-electron chi connectivity index (χ3n) is 6.66. The predicted molar refractivity (Wildman–Crippen MR) is 152 cm³/mol. The van der Waals surface area contributed by atoms with E-state index < -0.39 is 12.1 Å². The maximum atomic E-state index is 13.3. The molecule has 40 heavy (non-hydrogen) atoms. The number of nitroso groups, excluding NO2 is 3. The van der Waals surface area contributed by atoms with E-state index >= 15 is 0 Å². The summed E-state index contributed by atoms with van der Waals surface area (Å²) >= 11 is 0. The monoisotopic (exact) mass is 544 g/mol. The molecule has 0 fully saturated rings. The van der Waals surface area contributed by atoms with Gasteiger partial charge in [-0.3, -0.25) is 0 Å². The molecule has 0 saturated heterocycles. The second-order valence-corrected chi connectivity index (χ2v) is 9.55. The molecule has 3 rings (SSSR count). The summed E-state index contributed by atoms with van der Waals surface area (Å²) in [4.78, 5) is 60.0. The Bertz CT molecular complexity index is 1330. The molecule has 0 aromatic heterocycles. The average molecular weight is 545 g/mol. The van der Waals surface area contributed by atoms with Crippen molar-refractivity contribution in [3.8, 4) is 0 Å². The molecular weight excluding hydrogens is 512 g/mol. The van der Waals surface area contributed by atoms with Crippen LogP contribution in [0.3, 0.4) is 0 Å².